The lowest BCUT2D eigenvalue weighted by Gasteiger charge is -2.32. The van der Waals surface area contributed by atoms with Crippen LogP contribution in [0.25, 0.3) is 0 Å². The second-order valence-corrected chi connectivity index (χ2v) is 9.03. The molecule has 0 atom stereocenters. The average molecular weight is 492 g/mol. The Morgan fingerprint density at radius 3 is 2.46 bits per heavy atom. The van der Waals surface area contributed by atoms with Crippen LogP contribution in [0.3, 0.4) is 0 Å². The Bertz CT molecular complexity index is 1160. The molecule has 2 heterocycles. The van der Waals surface area contributed by atoms with E-state index in [9.17, 15) is 4.79 Å². The fourth-order valence-electron chi connectivity index (χ4n) is 4.11. The molecule has 8 heteroatoms. The predicted octanol–water partition coefficient (Wildman–Crippen LogP) is 5.51. The summed E-state index contributed by atoms with van der Waals surface area (Å²) in [4.78, 5) is 19.2. The summed E-state index contributed by atoms with van der Waals surface area (Å²) in [7, 11) is 1.63. The van der Waals surface area contributed by atoms with Crippen LogP contribution in [-0.4, -0.2) is 41.7 Å². The molecule has 0 aliphatic carbocycles. The number of hydrogen-bond donors (Lipinski definition) is 2. The number of piperidine rings is 1. The second-order valence-electron chi connectivity index (χ2n) is 8.62. The second kappa shape index (κ2) is 11.8. The number of anilines is 2. The van der Waals surface area contributed by atoms with Crippen LogP contribution in [0.4, 0.5) is 11.4 Å². The largest absolute Gasteiger partial charge is 0.497 e. The molecule has 182 valence electrons. The minimum Gasteiger partial charge on any atom is -0.497 e. The van der Waals surface area contributed by atoms with E-state index in [4.69, 9.17) is 16.3 Å². The molecule has 0 radical (unpaired) electrons. The number of carbonyl (C=O) groups is 1. The third-order valence-electron chi connectivity index (χ3n) is 6.24. The van der Waals surface area contributed by atoms with Crippen molar-refractivity contribution < 1.29 is 9.53 Å². The highest BCUT2D eigenvalue weighted by Gasteiger charge is 2.22. The number of carbonyl (C=O) groups excluding carboxylic acids is 1. The topological polar surface area (TPSA) is 78.8 Å². The van der Waals surface area contributed by atoms with Crippen molar-refractivity contribution in [2.75, 3.05) is 25.5 Å². The van der Waals surface area contributed by atoms with Crippen molar-refractivity contribution in [3.8, 4) is 5.75 Å². The van der Waals surface area contributed by atoms with Crippen molar-refractivity contribution in [1.82, 2.24) is 15.3 Å². The van der Waals surface area contributed by atoms with Gasteiger partial charge in [0.15, 0.2) is 0 Å². The van der Waals surface area contributed by atoms with E-state index in [0.29, 0.717) is 11.6 Å². The SMILES string of the molecule is COc1ccc(Nc2ccc(C(=O)N/N=C(\C)C3CCN(Cc4ccccc4Cl)CC3)nc2)cc1. The molecule has 3 aromatic rings. The number of nitrogens with one attached hydrogen (secondary N) is 2. The van der Waals surface area contributed by atoms with E-state index in [1.807, 2.05) is 55.5 Å². The molecule has 4 rings (SSSR count). The Hall–Kier alpha value is -3.42. The van der Waals surface area contributed by atoms with Crippen LogP contribution < -0.4 is 15.5 Å². The molecule has 1 fully saturated rings. The van der Waals surface area contributed by atoms with Crippen LogP contribution in [-0.2, 0) is 6.54 Å². The highest BCUT2D eigenvalue weighted by Crippen LogP contribution is 2.23. The number of pyridine rings is 1. The molecule has 2 aromatic carbocycles. The molecule has 2 N–H and O–H groups in total. The van der Waals surface area contributed by atoms with Gasteiger partial charge in [0.1, 0.15) is 11.4 Å². The quantitative estimate of drug-likeness (QED) is 0.321. The molecule has 1 saturated heterocycles. The fourth-order valence-corrected chi connectivity index (χ4v) is 4.30. The van der Waals surface area contributed by atoms with E-state index in [1.54, 1.807) is 19.4 Å². The summed E-state index contributed by atoms with van der Waals surface area (Å²) in [5.74, 6) is 0.817. The lowest BCUT2D eigenvalue weighted by Crippen LogP contribution is -2.36. The van der Waals surface area contributed by atoms with Gasteiger partial charge in [0, 0.05) is 28.9 Å². The molecular weight excluding hydrogens is 462 g/mol. The first-order valence-electron chi connectivity index (χ1n) is 11.7. The maximum absolute atomic E-state index is 12.5. The van der Waals surface area contributed by atoms with Crippen molar-refractivity contribution in [1.29, 1.82) is 0 Å². The molecule has 0 bridgehead atoms. The molecule has 35 heavy (non-hydrogen) atoms. The number of benzene rings is 2. The van der Waals surface area contributed by atoms with E-state index < -0.39 is 0 Å². The first-order chi connectivity index (χ1) is 17.0. The summed E-state index contributed by atoms with van der Waals surface area (Å²) < 4.78 is 5.17. The number of nitrogens with zero attached hydrogens (tertiary/aromatic N) is 3. The molecule has 0 spiro atoms. The standard InChI is InChI=1S/C27H30ClN5O2/c1-19(20-13-15-33(16-14-20)18-21-5-3-4-6-25(21)28)31-32-27(34)26-12-9-23(17-29-26)30-22-7-10-24(35-2)11-8-22/h3-12,17,20,30H,13-16,18H2,1-2H3,(H,32,34)/b31-19+. The summed E-state index contributed by atoms with van der Waals surface area (Å²) in [6.45, 7) is 4.78. The third-order valence-corrected chi connectivity index (χ3v) is 6.61. The third kappa shape index (κ3) is 6.81. The molecule has 1 aliphatic heterocycles. The Balaban J connectivity index is 1.25. The highest BCUT2D eigenvalue weighted by molar-refractivity contribution is 6.31. The minimum atomic E-state index is -0.323. The number of rotatable bonds is 8. The van der Waals surface area contributed by atoms with E-state index in [2.05, 4.69) is 31.8 Å². The van der Waals surface area contributed by atoms with Gasteiger partial charge in [-0.25, -0.2) is 10.4 Å². The Labute approximate surface area is 211 Å². The molecule has 0 saturated carbocycles. The monoisotopic (exact) mass is 491 g/mol. The zero-order valence-corrected chi connectivity index (χ0v) is 20.8. The number of methoxy groups -OCH3 is 1. The average Bonchev–Trinajstić information content (AvgIpc) is 2.90. The first kappa shape index (κ1) is 24.7. The summed E-state index contributed by atoms with van der Waals surface area (Å²) in [6.07, 6.45) is 3.63. The number of likely N-dealkylation sites (tertiary alicyclic amines) is 1. The van der Waals surface area contributed by atoms with Gasteiger partial charge in [-0.05, 0) is 80.9 Å². The van der Waals surface area contributed by atoms with Crippen LogP contribution in [0.5, 0.6) is 5.75 Å². The van der Waals surface area contributed by atoms with Crippen LogP contribution in [0.15, 0.2) is 72.0 Å². The van der Waals surface area contributed by atoms with Gasteiger partial charge >= 0.3 is 0 Å². The summed E-state index contributed by atoms with van der Waals surface area (Å²) in [6, 6.07) is 19.1. The number of aromatic nitrogens is 1. The van der Waals surface area contributed by atoms with Gasteiger partial charge in [-0.2, -0.15) is 5.10 Å². The smallest absolute Gasteiger partial charge is 0.289 e. The maximum Gasteiger partial charge on any atom is 0.289 e. The van der Waals surface area contributed by atoms with Crippen molar-refractivity contribution in [3.05, 3.63) is 83.1 Å². The molecule has 1 aliphatic rings. The van der Waals surface area contributed by atoms with Crippen molar-refractivity contribution in [2.45, 2.75) is 26.3 Å². The maximum atomic E-state index is 12.5. The van der Waals surface area contributed by atoms with Gasteiger partial charge in [0.25, 0.3) is 5.91 Å². The normalized spacial score (nSPS) is 15.0. The Morgan fingerprint density at radius 1 is 1.09 bits per heavy atom. The molecule has 1 aromatic heterocycles. The zero-order valence-electron chi connectivity index (χ0n) is 20.0. The highest BCUT2D eigenvalue weighted by atomic mass is 35.5. The van der Waals surface area contributed by atoms with Gasteiger partial charge in [-0.15, -0.1) is 0 Å². The zero-order chi connectivity index (χ0) is 24.6. The van der Waals surface area contributed by atoms with Crippen LogP contribution in [0, 0.1) is 5.92 Å². The van der Waals surface area contributed by atoms with E-state index in [1.165, 1.54) is 0 Å². The summed E-state index contributed by atoms with van der Waals surface area (Å²) in [5.41, 5.74) is 6.76. The van der Waals surface area contributed by atoms with Gasteiger partial charge in [0.2, 0.25) is 0 Å². The number of amides is 1. The molecule has 7 nitrogen and oxygen atoms in total. The number of ether oxygens (including phenoxy) is 1. The molecule has 0 unspecified atom stereocenters. The Kier molecular flexibility index (Phi) is 8.34. The van der Waals surface area contributed by atoms with Crippen molar-refractivity contribution in [2.24, 2.45) is 11.0 Å². The molecule has 1 amide bonds. The lowest BCUT2D eigenvalue weighted by atomic mass is 9.92. The van der Waals surface area contributed by atoms with Crippen molar-refractivity contribution >= 4 is 34.6 Å². The fraction of sp³-hybridized carbons (Fsp3) is 0.296. The van der Waals surface area contributed by atoms with E-state index in [0.717, 1.165) is 65.9 Å². The van der Waals surface area contributed by atoms with E-state index in [-0.39, 0.29) is 5.91 Å². The lowest BCUT2D eigenvalue weighted by molar-refractivity contribution is 0.0949. The first-order valence-corrected chi connectivity index (χ1v) is 12.1. The Morgan fingerprint density at radius 2 is 1.80 bits per heavy atom. The van der Waals surface area contributed by atoms with Crippen LogP contribution in [0.2, 0.25) is 5.02 Å². The van der Waals surface area contributed by atoms with Gasteiger partial charge < -0.3 is 10.1 Å². The van der Waals surface area contributed by atoms with Gasteiger partial charge in [-0.1, -0.05) is 29.8 Å². The molecular formula is C27H30ClN5O2. The van der Waals surface area contributed by atoms with Crippen LogP contribution in [0.1, 0.15) is 35.8 Å². The van der Waals surface area contributed by atoms with E-state index >= 15 is 0 Å². The van der Waals surface area contributed by atoms with Gasteiger partial charge in [-0.3, -0.25) is 9.69 Å². The number of hydrazone groups is 1. The summed E-state index contributed by atoms with van der Waals surface area (Å²) in [5, 5.41) is 8.42. The number of halogens is 1. The number of hydrogen-bond acceptors (Lipinski definition) is 6. The minimum absolute atomic E-state index is 0.316. The van der Waals surface area contributed by atoms with Crippen molar-refractivity contribution in [3.63, 3.8) is 0 Å². The summed E-state index contributed by atoms with van der Waals surface area (Å²) >= 11 is 6.30. The predicted molar refractivity (Wildman–Crippen MR) is 141 cm³/mol. The van der Waals surface area contributed by atoms with Gasteiger partial charge in [0.05, 0.1) is 19.0 Å². The van der Waals surface area contributed by atoms with Crippen LogP contribution >= 0.6 is 11.6 Å².